The zero-order chi connectivity index (χ0) is 11.5. The summed E-state index contributed by atoms with van der Waals surface area (Å²) in [6.45, 7) is 0.944. The number of hydrogen-bond donors (Lipinski definition) is 2. The fourth-order valence-corrected chi connectivity index (χ4v) is 1.83. The molecule has 0 radical (unpaired) electrons. The van der Waals surface area contributed by atoms with Crippen molar-refractivity contribution in [3.05, 3.63) is 34.6 Å². The van der Waals surface area contributed by atoms with Crippen molar-refractivity contribution in [1.82, 2.24) is 5.32 Å². The summed E-state index contributed by atoms with van der Waals surface area (Å²) < 4.78 is 13.4. The lowest BCUT2D eigenvalue weighted by Crippen LogP contribution is -2.28. The summed E-state index contributed by atoms with van der Waals surface area (Å²) in [5.74, 6) is 0.142. The molecule has 4 heteroatoms. The van der Waals surface area contributed by atoms with Crippen LogP contribution in [0.5, 0.6) is 0 Å². The van der Waals surface area contributed by atoms with E-state index in [1.165, 1.54) is 6.07 Å². The van der Waals surface area contributed by atoms with Gasteiger partial charge in [-0.25, -0.2) is 4.39 Å². The molecule has 1 aliphatic rings. The second kappa shape index (κ2) is 5.13. The molecule has 1 saturated carbocycles. The fourth-order valence-electron chi connectivity index (χ4n) is 1.67. The topological polar surface area (TPSA) is 32.3 Å². The molecule has 0 aliphatic heterocycles. The minimum Gasteiger partial charge on any atom is -0.392 e. The highest BCUT2D eigenvalue weighted by molar-refractivity contribution is 6.30. The van der Waals surface area contributed by atoms with Gasteiger partial charge in [-0.05, 0) is 30.9 Å². The zero-order valence-electron chi connectivity index (χ0n) is 8.92. The normalized spacial score (nSPS) is 17.4. The zero-order valence-corrected chi connectivity index (χ0v) is 9.67. The first kappa shape index (κ1) is 11.8. The van der Waals surface area contributed by atoms with E-state index >= 15 is 0 Å². The van der Waals surface area contributed by atoms with E-state index in [1.807, 2.05) is 0 Å². The van der Waals surface area contributed by atoms with Crippen molar-refractivity contribution < 1.29 is 9.50 Å². The van der Waals surface area contributed by atoms with Gasteiger partial charge in [-0.15, -0.1) is 0 Å². The third-order valence-corrected chi connectivity index (χ3v) is 3.09. The van der Waals surface area contributed by atoms with Gasteiger partial charge in [-0.1, -0.05) is 17.7 Å². The molecule has 2 rings (SSSR count). The largest absolute Gasteiger partial charge is 0.392 e. The van der Waals surface area contributed by atoms with Crippen LogP contribution in [0.3, 0.4) is 0 Å². The van der Waals surface area contributed by atoms with E-state index in [2.05, 4.69) is 5.32 Å². The minimum absolute atomic E-state index is 0.296. The highest BCUT2D eigenvalue weighted by Gasteiger charge is 2.29. The lowest BCUT2D eigenvalue weighted by molar-refractivity contribution is 0.148. The number of hydrogen-bond acceptors (Lipinski definition) is 2. The van der Waals surface area contributed by atoms with Gasteiger partial charge in [-0.3, -0.25) is 0 Å². The highest BCUT2D eigenvalue weighted by Crippen LogP contribution is 2.32. The first-order valence-electron chi connectivity index (χ1n) is 5.49. The molecule has 2 N–H and O–H groups in total. The second-order valence-electron chi connectivity index (χ2n) is 4.27. The number of aliphatic hydroxyl groups is 1. The average Bonchev–Trinajstić information content (AvgIpc) is 3.04. The third kappa shape index (κ3) is 3.17. The maximum absolute atomic E-state index is 13.4. The number of rotatable bonds is 5. The summed E-state index contributed by atoms with van der Waals surface area (Å²) in [5, 5.41) is 13.1. The predicted molar refractivity (Wildman–Crippen MR) is 61.8 cm³/mol. The van der Waals surface area contributed by atoms with Crippen molar-refractivity contribution in [1.29, 1.82) is 0 Å². The van der Waals surface area contributed by atoms with E-state index in [-0.39, 0.29) is 11.9 Å². The molecule has 0 heterocycles. The van der Waals surface area contributed by atoms with Crippen LogP contribution in [0.15, 0.2) is 18.2 Å². The van der Waals surface area contributed by atoms with Crippen LogP contribution in [0.1, 0.15) is 18.4 Å². The molecule has 1 atom stereocenters. The quantitative estimate of drug-likeness (QED) is 0.832. The van der Waals surface area contributed by atoms with Crippen molar-refractivity contribution in [3.63, 3.8) is 0 Å². The fraction of sp³-hybridized carbons (Fsp3) is 0.500. The molecule has 0 spiro atoms. The van der Waals surface area contributed by atoms with Crippen LogP contribution in [0.4, 0.5) is 4.39 Å². The van der Waals surface area contributed by atoms with Crippen LogP contribution in [0.25, 0.3) is 0 Å². The van der Waals surface area contributed by atoms with Crippen molar-refractivity contribution in [2.24, 2.45) is 5.92 Å². The number of aliphatic hydroxyl groups excluding tert-OH is 1. The summed E-state index contributed by atoms with van der Waals surface area (Å²) in [6, 6.07) is 4.63. The molecule has 88 valence electrons. The van der Waals surface area contributed by atoms with Gasteiger partial charge in [0.25, 0.3) is 0 Å². The van der Waals surface area contributed by atoms with Crippen LogP contribution in [-0.2, 0) is 6.54 Å². The number of benzene rings is 1. The van der Waals surface area contributed by atoms with E-state index in [0.717, 1.165) is 12.8 Å². The first-order valence-corrected chi connectivity index (χ1v) is 5.87. The molecule has 1 aromatic carbocycles. The van der Waals surface area contributed by atoms with Crippen molar-refractivity contribution in [2.75, 3.05) is 6.54 Å². The van der Waals surface area contributed by atoms with Crippen LogP contribution in [0, 0.1) is 11.7 Å². The molecular weight excluding hydrogens is 229 g/mol. The number of nitrogens with one attached hydrogen (secondary N) is 1. The Balaban J connectivity index is 1.80. The van der Waals surface area contributed by atoms with Crippen LogP contribution >= 0.6 is 11.6 Å². The van der Waals surface area contributed by atoms with E-state index in [9.17, 15) is 9.50 Å². The van der Waals surface area contributed by atoms with Gasteiger partial charge in [0.2, 0.25) is 0 Å². The van der Waals surface area contributed by atoms with Crippen LogP contribution in [-0.4, -0.2) is 17.8 Å². The van der Waals surface area contributed by atoms with Gasteiger partial charge < -0.3 is 10.4 Å². The Morgan fingerprint density at radius 2 is 2.25 bits per heavy atom. The monoisotopic (exact) mass is 243 g/mol. The summed E-state index contributed by atoms with van der Waals surface area (Å²) in [6.07, 6.45) is 1.92. The molecular formula is C12H15ClFNO. The lowest BCUT2D eigenvalue weighted by atomic mass is 10.2. The smallest absolute Gasteiger partial charge is 0.129 e. The average molecular weight is 244 g/mol. The maximum atomic E-state index is 13.4. The van der Waals surface area contributed by atoms with E-state index < -0.39 is 0 Å². The maximum Gasteiger partial charge on any atom is 0.129 e. The lowest BCUT2D eigenvalue weighted by Gasteiger charge is -2.11. The van der Waals surface area contributed by atoms with E-state index in [4.69, 9.17) is 11.6 Å². The van der Waals surface area contributed by atoms with Gasteiger partial charge in [-0.2, -0.15) is 0 Å². The minimum atomic E-state index is -0.305. The van der Waals surface area contributed by atoms with Crippen molar-refractivity contribution in [2.45, 2.75) is 25.5 Å². The SMILES string of the molecule is OC(CNCc1ccc(Cl)cc1F)C1CC1. The Bertz CT molecular complexity index is 368. The Kier molecular flexibility index (Phi) is 3.79. The van der Waals surface area contributed by atoms with Gasteiger partial charge in [0.15, 0.2) is 0 Å². The molecule has 1 fully saturated rings. The molecule has 0 aromatic heterocycles. The molecule has 0 amide bonds. The second-order valence-corrected chi connectivity index (χ2v) is 4.71. The van der Waals surface area contributed by atoms with Gasteiger partial charge >= 0.3 is 0 Å². The Labute approximate surface area is 99.4 Å². The van der Waals surface area contributed by atoms with Crippen LogP contribution in [0.2, 0.25) is 5.02 Å². The molecule has 1 unspecified atom stereocenters. The first-order chi connectivity index (χ1) is 7.66. The molecule has 0 saturated heterocycles. The summed E-state index contributed by atoms with van der Waals surface area (Å²) in [7, 11) is 0. The molecule has 2 nitrogen and oxygen atoms in total. The Morgan fingerprint density at radius 1 is 1.50 bits per heavy atom. The Morgan fingerprint density at radius 3 is 2.88 bits per heavy atom. The van der Waals surface area contributed by atoms with E-state index in [0.29, 0.717) is 29.6 Å². The van der Waals surface area contributed by atoms with Gasteiger partial charge in [0.1, 0.15) is 5.82 Å². The van der Waals surface area contributed by atoms with E-state index in [1.54, 1.807) is 12.1 Å². The molecule has 16 heavy (non-hydrogen) atoms. The number of halogens is 2. The van der Waals surface area contributed by atoms with Crippen LogP contribution < -0.4 is 5.32 Å². The van der Waals surface area contributed by atoms with Gasteiger partial charge in [0.05, 0.1) is 6.10 Å². The molecule has 1 aliphatic carbocycles. The summed E-state index contributed by atoms with van der Waals surface area (Å²) in [5.41, 5.74) is 0.576. The van der Waals surface area contributed by atoms with Gasteiger partial charge in [0, 0.05) is 23.7 Å². The predicted octanol–water partition coefficient (Wildman–Crippen LogP) is 2.34. The summed E-state index contributed by atoms with van der Waals surface area (Å²) in [4.78, 5) is 0. The van der Waals surface area contributed by atoms with Crippen molar-refractivity contribution in [3.8, 4) is 0 Å². The Hall–Kier alpha value is -0.640. The molecule has 1 aromatic rings. The standard InChI is InChI=1S/C12H15ClFNO/c13-10-4-3-9(11(14)5-10)6-15-7-12(16)8-1-2-8/h3-5,8,12,15-16H,1-2,6-7H2. The summed E-state index contributed by atoms with van der Waals surface area (Å²) >= 11 is 5.65. The molecule has 0 bridgehead atoms. The third-order valence-electron chi connectivity index (χ3n) is 2.85. The van der Waals surface area contributed by atoms with Crippen molar-refractivity contribution >= 4 is 11.6 Å². The highest BCUT2D eigenvalue weighted by atomic mass is 35.5.